The fraction of sp³-hybridized carbons (Fsp3) is 0.333. The summed E-state index contributed by atoms with van der Waals surface area (Å²) in [6.07, 6.45) is 11.3. The van der Waals surface area contributed by atoms with Crippen LogP contribution in [0, 0.1) is 5.82 Å². The zero-order valence-corrected chi connectivity index (χ0v) is 15.6. The number of nitrogen functional groups attached to an aromatic ring is 1. The molecule has 0 spiro atoms. The van der Waals surface area contributed by atoms with Gasteiger partial charge in [0.15, 0.2) is 0 Å². The molecule has 6 nitrogen and oxygen atoms in total. The molecule has 1 fully saturated rings. The van der Waals surface area contributed by atoms with E-state index in [2.05, 4.69) is 23.2 Å². The van der Waals surface area contributed by atoms with Crippen LogP contribution in [0.4, 0.5) is 16.0 Å². The van der Waals surface area contributed by atoms with Gasteiger partial charge < -0.3 is 15.4 Å². The SMILES string of the molecule is Nc1nc2cc(N3CCOCC3)c(F)cc2c2nc(CC3=CCCC=C3)cn12. The van der Waals surface area contributed by atoms with Crippen LogP contribution in [0.25, 0.3) is 16.6 Å². The Kier molecular flexibility index (Phi) is 4.24. The van der Waals surface area contributed by atoms with E-state index in [0.717, 1.165) is 25.0 Å². The molecule has 2 aliphatic rings. The van der Waals surface area contributed by atoms with Gasteiger partial charge >= 0.3 is 0 Å². The Bertz CT molecular complexity index is 1110. The number of aromatic nitrogens is 3. The highest BCUT2D eigenvalue weighted by Gasteiger charge is 2.19. The summed E-state index contributed by atoms with van der Waals surface area (Å²) < 4.78 is 22.0. The molecule has 7 heteroatoms. The van der Waals surface area contributed by atoms with Crippen LogP contribution in [-0.4, -0.2) is 40.7 Å². The number of fused-ring (bicyclic) bond motifs is 3. The first-order valence-electron chi connectivity index (χ1n) is 9.64. The molecule has 3 aromatic rings. The van der Waals surface area contributed by atoms with Crippen LogP contribution in [0.2, 0.25) is 0 Å². The highest BCUT2D eigenvalue weighted by molar-refractivity contribution is 5.94. The molecule has 0 bridgehead atoms. The smallest absolute Gasteiger partial charge is 0.206 e. The van der Waals surface area contributed by atoms with Gasteiger partial charge in [0.05, 0.1) is 30.1 Å². The van der Waals surface area contributed by atoms with Gasteiger partial charge in [0.25, 0.3) is 0 Å². The third-order valence-corrected chi connectivity index (χ3v) is 5.35. The van der Waals surface area contributed by atoms with Crippen molar-refractivity contribution in [2.45, 2.75) is 19.3 Å². The van der Waals surface area contributed by atoms with E-state index in [4.69, 9.17) is 15.5 Å². The van der Waals surface area contributed by atoms with E-state index in [-0.39, 0.29) is 5.82 Å². The summed E-state index contributed by atoms with van der Waals surface area (Å²) in [4.78, 5) is 11.2. The van der Waals surface area contributed by atoms with Crippen molar-refractivity contribution in [3.63, 3.8) is 0 Å². The number of morpholine rings is 1. The molecule has 2 aromatic heterocycles. The van der Waals surface area contributed by atoms with Crippen molar-refractivity contribution in [1.82, 2.24) is 14.4 Å². The van der Waals surface area contributed by atoms with Crippen LogP contribution in [0.1, 0.15) is 18.5 Å². The molecule has 144 valence electrons. The van der Waals surface area contributed by atoms with Crippen molar-refractivity contribution in [3.8, 4) is 0 Å². The molecule has 0 radical (unpaired) electrons. The third-order valence-electron chi connectivity index (χ3n) is 5.35. The Morgan fingerprint density at radius 1 is 1.14 bits per heavy atom. The summed E-state index contributed by atoms with van der Waals surface area (Å²) in [5, 5.41) is 0.670. The second-order valence-electron chi connectivity index (χ2n) is 7.25. The van der Waals surface area contributed by atoms with Gasteiger partial charge in [0.1, 0.15) is 11.5 Å². The predicted molar refractivity (Wildman–Crippen MR) is 108 cm³/mol. The van der Waals surface area contributed by atoms with Gasteiger partial charge in [0.2, 0.25) is 5.95 Å². The lowest BCUT2D eigenvalue weighted by Gasteiger charge is -2.29. The Morgan fingerprint density at radius 3 is 2.79 bits per heavy atom. The molecule has 0 unspecified atom stereocenters. The summed E-state index contributed by atoms with van der Waals surface area (Å²) in [5.41, 5.74) is 10.2. The van der Waals surface area contributed by atoms with Crippen LogP contribution in [0.3, 0.4) is 0 Å². The molecular formula is C21H22FN5O. The molecule has 28 heavy (non-hydrogen) atoms. The summed E-state index contributed by atoms with van der Waals surface area (Å²) in [5.74, 6) is 0.0827. The highest BCUT2D eigenvalue weighted by Crippen LogP contribution is 2.29. The number of allylic oxidation sites excluding steroid dienone is 4. The summed E-state index contributed by atoms with van der Waals surface area (Å²) in [7, 11) is 0. The number of ether oxygens (including phenoxy) is 1. The van der Waals surface area contributed by atoms with E-state index < -0.39 is 0 Å². The van der Waals surface area contributed by atoms with Gasteiger partial charge in [-0.3, -0.25) is 4.40 Å². The van der Waals surface area contributed by atoms with Crippen LogP contribution in [0.15, 0.2) is 42.1 Å². The van der Waals surface area contributed by atoms with E-state index in [1.807, 2.05) is 11.1 Å². The van der Waals surface area contributed by atoms with E-state index in [9.17, 15) is 4.39 Å². The minimum Gasteiger partial charge on any atom is -0.378 e. The van der Waals surface area contributed by atoms with Crippen molar-refractivity contribution in [2.24, 2.45) is 0 Å². The van der Waals surface area contributed by atoms with E-state index in [1.54, 1.807) is 10.5 Å². The second kappa shape index (κ2) is 6.91. The number of nitrogens with two attached hydrogens (primary N) is 1. The first-order chi connectivity index (χ1) is 13.7. The molecule has 1 aliphatic carbocycles. The normalized spacial score (nSPS) is 17.5. The third kappa shape index (κ3) is 3.01. The van der Waals surface area contributed by atoms with Crippen molar-refractivity contribution >= 4 is 28.2 Å². The Morgan fingerprint density at radius 2 is 2.00 bits per heavy atom. The van der Waals surface area contributed by atoms with E-state index in [0.29, 0.717) is 54.5 Å². The number of benzene rings is 1. The maximum Gasteiger partial charge on any atom is 0.206 e. The number of hydrogen-bond acceptors (Lipinski definition) is 5. The van der Waals surface area contributed by atoms with Crippen LogP contribution < -0.4 is 10.6 Å². The van der Waals surface area contributed by atoms with Crippen LogP contribution in [-0.2, 0) is 11.2 Å². The topological polar surface area (TPSA) is 68.7 Å². The molecule has 2 N–H and O–H groups in total. The zero-order valence-electron chi connectivity index (χ0n) is 15.6. The van der Waals surface area contributed by atoms with Crippen molar-refractivity contribution in [1.29, 1.82) is 0 Å². The zero-order chi connectivity index (χ0) is 19.1. The molecule has 5 rings (SSSR count). The number of rotatable bonds is 3. The second-order valence-corrected chi connectivity index (χ2v) is 7.25. The van der Waals surface area contributed by atoms with E-state index in [1.165, 1.54) is 11.6 Å². The van der Waals surface area contributed by atoms with Crippen LogP contribution >= 0.6 is 0 Å². The maximum absolute atomic E-state index is 14.9. The summed E-state index contributed by atoms with van der Waals surface area (Å²) in [6, 6.07) is 3.30. The summed E-state index contributed by atoms with van der Waals surface area (Å²) >= 11 is 0. The molecular weight excluding hydrogens is 357 g/mol. The largest absolute Gasteiger partial charge is 0.378 e. The molecule has 1 aromatic carbocycles. The van der Waals surface area contributed by atoms with Crippen molar-refractivity contribution < 1.29 is 9.13 Å². The monoisotopic (exact) mass is 379 g/mol. The molecule has 0 amide bonds. The average molecular weight is 379 g/mol. The minimum absolute atomic E-state index is 0.273. The number of imidazole rings is 1. The Balaban J connectivity index is 1.59. The highest BCUT2D eigenvalue weighted by atomic mass is 19.1. The van der Waals surface area contributed by atoms with Crippen molar-refractivity contribution in [2.75, 3.05) is 36.9 Å². The maximum atomic E-state index is 14.9. The first-order valence-corrected chi connectivity index (χ1v) is 9.64. The standard InChI is InChI=1S/C21H22FN5O/c22-17-11-16-18(12-19(17)26-6-8-28-9-7-26)25-21(23)27-13-15(24-20(16)27)10-14-4-2-1-3-5-14/h2,4-5,11-13H,1,3,6-10H2,(H2,23,25). The quantitative estimate of drug-likeness (QED) is 0.757. The molecule has 1 saturated heterocycles. The lowest BCUT2D eigenvalue weighted by Crippen LogP contribution is -2.36. The number of halogens is 1. The Labute approximate surface area is 162 Å². The van der Waals surface area contributed by atoms with Gasteiger partial charge in [-0.2, -0.15) is 0 Å². The Hall–Kier alpha value is -2.93. The fourth-order valence-electron chi connectivity index (χ4n) is 3.93. The minimum atomic E-state index is -0.273. The van der Waals surface area contributed by atoms with E-state index >= 15 is 0 Å². The van der Waals surface area contributed by atoms with Gasteiger partial charge in [-0.05, 0) is 30.5 Å². The molecule has 0 saturated carbocycles. The van der Waals surface area contributed by atoms with Gasteiger partial charge in [0, 0.05) is 31.1 Å². The van der Waals surface area contributed by atoms with Gasteiger partial charge in [-0.15, -0.1) is 0 Å². The number of hydrogen-bond donors (Lipinski definition) is 1. The molecule has 3 heterocycles. The predicted octanol–water partition coefficient (Wildman–Crippen LogP) is 3.26. The molecule has 0 atom stereocenters. The lowest BCUT2D eigenvalue weighted by molar-refractivity contribution is 0.122. The molecule has 1 aliphatic heterocycles. The number of anilines is 2. The summed E-state index contributed by atoms with van der Waals surface area (Å²) in [6.45, 7) is 2.52. The number of nitrogens with zero attached hydrogens (tertiary/aromatic N) is 4. The fourth-order valence-corrected chi connectivity index (χ4v) is 3.93. The average Bonchev–Trinajstić information content (AvgIpc) is 3.14. The van der Waals surface area contributed by atoms with Gasteiger partial charge in [-0.25, -0.2) is 14.4 Å². The van der Waals surface area contributed by atoms with Crippen molar-refractivity contribution in [3.05, 3.63) is 53.6 Å². The lowest BCUT2D eigenvalue weighted by atomic mass is 10.0. The van der Waals surface area contributed by atoms with Crippen LogP contribution in [0.5, 0.6) is 0 Å². The first kappa shape index (κ1) is 17.2. The van der Waals surface area contributed by atoms with Gasteiger partial charge in [-0.1, -0.05) is 18.2 Å².